The van der Waals surface area contributed by atoms with E-state index in [1.165, 1.54) is 24.5 Å². The zero-order chi connectivity index (χ0) is 24.9. The highest BCUT2D eigenvalue weighted by molar-refractivity contribution is 6.30. The van der Waals surface area contributed by atoms with E-state index in [2.05, 4.69) is 0 Å². The van der Waals surface area contributed by atoms with Crippen molar-refractivity contribution in [2.75, 3.05) is 6.61 Å². The number of halogens is 1. The Hall–Kier alpha value is -4.55. The average molecular weight is 499 g/mol. The van der Waals surface area contributed by atoms with Crippen LogP contribution in [0.4, 0.5) is 0 Å². The molecule has 1 aromatic heterocycles. The van der Waals surface area contributed by atoms with Crippen molar-refractivity contribution < 1.29 is 23.4 Å². The minimum atomic E-state index is -0.606. The van der Waals surface area contributed by atoms with Gasteiger partial charge in [-0.15, -0.1) is 0 Å². The van der Waals surface area contributed by atoms with Gasteiger partial charge in [0.2, 0.25) is 11.2 Å². The highest BCUT2D eigenvalue weighted by Crippen LogP contribution is 2.27. The summed E-state index contributed by atoms with van der Waals surface area (Å²) in [4.78, 5) is 25.1. The maximum absolute atomic E-state index is 12.9. The SMILES string of the molecule is O=C(COc1ccc(Cl)cc1)Oc1ccc2c(=O)c(Oc3ccc(-c4ccccc4)cc3)coc2c1. The summed E-state index contributed by atoms with van der Waals surface area (Å²) in [6.45, 7) is -0.292. The summed E-state index contributed by atoms with van der Waals surface area (Å²) in [6, 6.07) is 28.5. The van der Waals surface area contributed by atoms with Gasteiger partial charge in [0.05, 0.1) is 5.39 Å². The van der Waals surface area contributed by atoms with Crippen molar-refractivity contribution in [1.82, 2.24) is 0 Å². The summed E-state index contributed by atoms with van der Waals surface area (Å²) in [6.07, 6.45) is 1.24. The van der Waals surface area contributed by atoms with Crippen LogP contribution in [0.3, 0.4) is 0 Å². The molecule has 178 valence electrons. The standard InChI is InChI=1S/C29H19ClO6/c30-21-8-12-22(13-9-21)33-18-28(31)36-24-14-15-25-26(16-24)34-17-27(29(25)32)35-23-10-6-20(7-11-23)19-4-2-1-3-5-19/h1-17H,18H2. The molecule has 0 atom stereocenters. The van der Waals surface area contributed by atoms with Gasteiger partial charge in [-0.3, -0.25) is 4.79 Å². The van der Waals surface area contributed by atoms with Crippen molar-refractivity contribution in [2.45, 2.75) is 0 Å². The first kappa shape index (κ1) is 23.2. The Morgan fingerprint density at radius 3 is 2.19 bits per heavy atom. The van der Waals surface area contributed by atoms with Gasteiger partial charge in [-0.05, 0) is 59.7 Å². The summed E-state index contributed by atoms with van der Waals surface area (Å²) >= 11 is 5.83. The largest absolute Gasteiger partial charge is 0.482 e. The van der Waals surface area contributed by atoms with Gasteiger partial charge < -0.3 is 18.6 Å². The minimum absolute atomic E-state index is 0.0519. The molecule has 0 bridgehead atoms. The molecular weight excluding hydrogens is 480 g/mol. The first-order valence-electron chi connectivity index (χ1n) is 11.0. The third kappa shape index (κ3) is 5.40. The van der Waals surface area contributed by atoms with Crippen LogP contribution in [0.2, 0.25) is 5.02 Å². The maximum atomic E-state index is 12.9. The monoisotopic (exact) mass is 498 g/mol. The Morgan fingerprint density at radius 2 is 1.44 bits per heavy atom. The molecule has 36 heavy (non-hydrogen) atoms. The van der Waals surface area contributed by atoms with E-state index in [1.807, 2.05) is 42.5 Å². The topological polar surface area (TPSA) is 75.0 Å². The van der Waals surface area contributed by atoms with Crippen LogP contribution in [0.1, 0.15) is 0 Å². The predicted octanol–water partition coefficient (Wildman–Crippen LogP) is 6.89. The molecule has 0 aliphatic rings. The molecule has 4 aromatic carbocycles. The van der Waals surface area contributed by atoms with Gasteiger partial charge in [-0.2, -0.15) is 0 Å². The van der Waals surface area contributed by atoms with Crippen LogP contribution >= 0.6 is 11.6 Å². The van der Waals surface area contributed by atoms with Gasteiger partial charge in [0.15, 0.2) is 6.61 Å². The summed E-state index contributed by atoms with van der Waals surface area (Å²) in [5, 5.41) is 0.864. The average Bonchev–Trinajstić information content (AvgIpc) is 2.91. The normalized spacial score (nSPS) is 10.7. The molecule has 5 rings (SSSR count). The molecule has 0 unspecified atom stereocenters. The van der Waals surface area contributed by atoms with E-state index in [4.69, 9.17) is 30.2 Å². The predicted molar refractivity (Wildman–Crippen MR) is 137 cm³/mol. The second-order valence-corrected chi connectivity index (χ2v) is 8.23. The van der Waals surface area contributed by atoms with Crippen molar-refractivity contribution >= 4 is 28.5 Å². The molecular formula is C29H19ClO6. The van der Waals surface area contributed by atoms with Gasteiger partial charge in [0.1, 0.15) is 29.1 Å². The Balaban J connectivity index is 1.26. The second-order valence-electron chi connectivity index (χ2n) is 7.80. The lowest BCUT2D eigenvalue weighted by Gasteiger charge is -2.09. The van der Waals surface area contributed by atoms with E-state index in [0.717, 1.165) is 11.1 Å². The molecule has 0 saturated heterocycles. The van der Waals surface area contributed by atoms with Crippen molar-refractivity contribution in [2.24, 2.45) is 0 Å². The maximum Gasteiger partial charge on any atom is 0.349 e. The molecule has 0 aliphatic heterocycles. The molecule has 0 aliphatic carbocycles. The Kier molecular flexibility index (Phi) is 6.69. The molecule has 6 nitrogen and oxygen atoms in total. The molecule has 5 aromatic rings. The summed E-state index contributed by atoms with van der Waals surface area (Å²) in [5.41, 5.74) is 2.04. The number of esters is 1. The number of carbonyl (C=O) groups is 1. The van der Waals surface area contributed by atoms with Crippen LogP contribution in [-0.2, 0) is 4.79 Å². The molecule has 0 amide bonds. The highest BCUT2D eigenvalue weighted by Gasteiger charge is 2.13. The van der Waals surface area contributed by atoms with Crippen LogP contribution in [0.25, 0.3) is 22.1 Å². The number of carbonyl (C=O) groups excluding carboxylic acids is 1. The Labute approximate surface area is 211 Å². The lowest BCUT2D eigenvalue weighted by Crippen LogP contribution is -2.17. The first-order valence-corrected chi connectivity index (χ1v) is 11.4. The third-order valence-corrected chi connectivity index (χ3v) is 5.56. The van der Waals surface area contributed by atoms with Crippen LogP contribution < -0.4 is 19.6 Å². The number of hydrogen-bond donors (Lipinski definition) is 0. The van der Waals surface area contributed by atoms with Crippen molar-refractivity contribution in [1.29, 1.82) is 0 Å². The van der Waals surface area contributed by atoms with Gasteiger partial charge in [0, 0.05) is 11.1 Å². The summed E-state index contributed by atoms with van der Waals surface area (Å²) < 4.78 is 22.0. The molecule has 7 heteroatoms. The van der Waals surface area contributed by atoms with E-state index in [-0.39, 0.29) is 29.1 Å². The van der Waals surface area contributed by atoms with Crippen LogP contribution in [-0.4, -0.2) is 12.6 Å². The van der Waals surface area contributed by atoms with Crippen molar-refractivity contribution in [3.05, 3.63) is 119 Å². The number of fused-ring (bicyclic) bond motifs is 1. The fourth-order valence-electron chi connectivity index (χ4n) is 3.53. The summed E-state index contributed by atoms with van der Waals surface area (Å²) in [5.74, 6) is 0.665. The number of benzene rings is 4. The molecule has 0 N–H and O–H groups in total. The van der Waals surface area contributed by atoms with Crippen molar-refractivity contribution in [3.8, 4) is 34.1 Å². The lowest BCUT2D eigenvalue weighted by molar-refractivity contribution is -0.136. The van der Waals surface area contributed by atoms with E-state index in [9.17, 15) is 9.59 Å². The van der Waals surface area contributed by atoms with Crippen LogP contribution in [0, 0.1) is 0 Å². The zero-order valence-corrected chi connectivity index (χ0v) is 19.6. The highest BCUT2D eigenvalue weighted by atomic mass is 35.5. The van der Waals surface area contributed by atoms with Gasteiger partial charge >= 0.3 is 5.97 Å². The van der Waals surface area contributed by atoms with Gasteiger partial charge in [-0.25, -0.2) is 4.79 Å². The molecule has 0 saturated carbocycles. The minimum Gasteiger partial charge on any atom is -0.482 e. The fourth-order valence-corrected chi connectivity index (χ4v) is 3.66. The lowest BCUT2D eigenvalue weighted by atomic mass is 10.1. The van der Waals surface area contributed by atoms with Gasteiger partial charge in [0.25, 0.3) is 0 Å². The number of ether oxygens (including phenoxy) is 3. The molecule has 0 radical (unpaired) electrons. The van der Waals surface area contributed by atoms with E-state index < -0.39 is 5.97 Å². The second kappa shape index (κ2) is 10.4. The third-order valence-electron chi connectivity index (χ3n) is 5.31. The van der Waals surface area contributed by atoms with Crippen LogP contribution in [0.15, 0.2) is 113 Å². The number of rotatable bonds is 7. The quantitative estimate of drug-likeness (QED) is 0.180. The van der Waals surface area contributed by atoms with E-state index in [0.29, 0.717) is 21.9 Å². The Bertz CT molecular complexity index is 1560. The number of hydrogen-bond acceptors (Lipinski definition) is 6. The smallest absolute Gasteiger partial charge is 0.349 e. The Morgan fingerprint density at radius 1 is 0.778 bits per heavy atom. The zero-order valence-electron chi connectivity index (χ0n) is 18.8. The fraction of sp³-hybridized carbons (Fsp3) is 0.0345. The molecule has 1 heterocycles. The van der Waals surface area contributed by atoms with Gasteiger partial charge in [-0.1, -0.05) is 54.1 Å². The van der Waals surface area contributed by atoms with Crippen LogP contribution in [0.5, 0.6) is 23.0 Å². The summed E-state index contributed by atoms with van der Waals surface area (Å²) in [7, 11) is 0. The van der Waals surface area contributed by atoms with E-state index >= 15 is 0 Å². The van der Waals surface area contributed by atoms with E-state index in [1.54, 1.807) is 36.4 Å². The molecule has 0 fully saturated rings. The molecule has 0 spiro atoms. The van der Waals surface area contributed by atoms with Crippen molar-refractivity contribution in [3.63, 3.8) is 0 Å². The first-order chi connectivity index (χ1) is 17.5.